The summed E-state index contributed by atoms with van der Waals surface area (Å²) < 4.78 is 12.4. The number of rotatable bonds is 7. The van der Waals surface area contributed by atoms with Crippen molar-refractivity contribution in [2.45, 2.75) is 60.0 Å². The highest BCUT2D eigenvalue weighted by Gasteiger charge is 2.22. The molecule has 24 heavy (non-hydrogen) atoms. The van der Waals surface area contributed by atoms with E-state index in [1.54, 1.807) is 11.3 Å². The molecule has 130 valence electrons. The zero-order chi connectivity index (χ0) is 17.3. The van der Waals surface area contributed by atoms with E-state index in [2.05, 4.69) is 36.0 Å². The molecule has 0 aliphatic carbocycles. The van der Waals surface area contributed by atoms with E-state index in [0.717, 1.165) is 32.4 Å². The van der Waals surface area contributed by atoms with Crippen LogP contribution >= 0.6 is 11.3 Å². The van der Waals surface area contributed by atoms with Crippen LogP contribution in [0.5, 0.6) is 0 Å². The number of fused-ring (bicyclic) bond motifs is 3. The maximum atomic E-state index is 12.4. The van der Waals surface area contributed by atoms with Crippen LogP contribution in [0.1, 0.15) is 56.7 Å². The molecule has 0 aliphatic rings. The molecule has 0 spiro atoms. The van der Waals surface area contributed by atoms with Crippen molar-refractivity contribution in [3.8, 4) is 0 Å². The minimum atomic E-state index is -0.216. The summed E-state index contributed by atoms with van der Waals surface area (Å²) in [5, 5.41) is 0. The highest BCUT2D eigenvalue weighted by molar-refractivity contribution is 7.25. The highest BCUT2D eigenvalue weighted by atomic mass is 32.1. The van der Waals surface area contributed by atoms with Gasteiger partial charge in [0.1, 0.15) is 5.69 Å². The van der Waals surface area contributed by atoms with E-state index in [-0.39, 0.29) is 5.97 Å². The van der Waals surface area contributed by atoms with E-state index in [4.69, 9.17) is 4.74 Å². The van der Waals surface area contributed by atoms with Gasteiger partial charge in [0.25, 0.3) is 0 Å². The van der Waals surface area contributed by atoms with Gasteiger partial charge in [-0.3, -0.25) is 0 Å². The van der Waals surface area contributed by atoms with Crippen LogP contribution in [-0.2, 0) is 24.2 Å². The Morgan fingerprint density at radius 3 is 2.25 bits per heavy atom. The third-order valence-electron chi connectivity index (χ3n) is 4.40. The van der Waals surface area contributed by atoms with Gasteiger partial charge in [-0.15, -0.1) is 11.3 Å². The van der Waals surface area contributed by atoms with Gasteiger partial charge in [0.05, 0.1) is 27.0 Å². The Labute approximate surface area is 147 Å². The molecule has 0 saturated carbocycles. The first-order valence-electron chi connectivity index (χ1n) is 8.97. The third kappa shape index (κ3) is 2.65. The summed E-state index contributed by atoms with van der Waals surface area (Å²) in [6.45, 7) is 10.7. The Balaban J connectivity index is 2.29. The number of carbonyl (C=O) groups excluding carboxylic acids is 1. The molecule has 4 nitrogen and oxygen atoms in total. The molecule has 0 bridgehead atoms. The van der Waals surface area contributed by atoms with E-state index in [0.29, 0.717) is 12.3 Å². The van der Waals surface area contributed by atoms with Crippen LogP contribution in [0.15, 0.2) is 12.1 Å². The molecule has 0 aromatic carbocycles. The summed E-state index contributed by atoms with van der Waals surface area (Å²) >= 11 is 1.78. The monoisotopic (exact) mass is 346 g/mol. The quantitative estimate of drug-likeness (QED) is 0.550. The van der Waals surface area contributed by atoms with Crippen LogP contribution in [0.25, 0.3) is 20.4 Å². The minimum Gasteiger partial charge on any atom is -0.461 e. The molecular formula is C19H26N2O2S. The van der Waals surface area contributed by atoms with Gasteiger partial charge in [0, 0.05) is 18.8 Å². The lowest BCUT2D eigenvalue weighted by atomic mass is 10.3. The summed E-state index contributed by atoms with van der Waals surface area (Å²) in [6.07, 6.45) is 3.12. The number of carbonyl (C=O) groups is 1. The SMILES string of the molecule is CCCn1c(CC)cc2sc3cc(C(=O)OCC)n(CCC)c3c21. The molecule has 0 N–H and O–H groups in total. The van der Waals surface area contributed by atoms with Gasteiger partial charge in [-0.1, -0.05) is 20.8 Å². The fraction of sp³-hybridized carbons (Fsp3) is 0.526. The molecule has 3 rings (SSSR count). The second-order valence-corrected chi connectivity index (χ2v) is 7.15. The molecule has 3 aromatic rings. The molecular weight excluding hydrogens is 320 g/mol. The van der Waals surface area contributed by atoms with Crippen LogP contribution in [0.4, 0.5) is 0 Å². The molecule has 0 radical (unpaired) electrons. The topological polar surface area (TPSA) is 36.2 Å². The van der Waals surface area contributed by atoms with E-state index >= 15 is 0 Å². The number of hydrogen-bond acceptors (Lipinski definition) is 3. The van der Waals surface area contributed by atoms with Crippen molar-refractivity contribution < 1.29 is 9.53 Å². The first-order chi connectivity index (χ1) is 11.7. The normalized spacial score (nSPS) is 11.7. The van der Waals surface area contributed by atoms with Crippen molar-refractivity contribution in [3.63, 3.8) is 0 Å². The fourth-order valence-electron chi connectivity index (χ4n) is 3.46. The lowest BCUT2D eigenvalue weighted by Crippen LogP contribution is -2.12. The van der Waals surface area contributed by atoms with Crippen LogP contribution in [0.2, 0.25) is 0 Å². The van der Waals surface area contributed by atoms with E-state index in [9.17, 15) is 4.79 Å². The second-order valence-electron chi connectivity index (χ2n) is 6.07. The molecule has 0 fully saturated rings. The van der Waals surface area contributed by atoms with Crippen molar-refractivity contribution in [2.24, 2.45) is 0 Å². The average molecular weight is 346 g/mol. The summed E-state index contributed by atoms with van der Waals surface area (Å²) in [4.78, 5) is 12.4. The first kappa shape index (κ1) is 17.1. The summed E-state index contributed by atoms with van der Waals surface area (Å²) in [7, 11) is 0. The lowest BCUT2D eigenvalue weighted by Gasteiger charge is -2.11. The van der Waals surface area contributed by atoms with Gasteiger partial charge >= 0.3 is 5.97 Å². The number of aryl methyl sites for hydroxylation is 3. The number of esters is 1. The smallest absolute Gasteiger partial charge is 0.355 e. The average Bonchev–Trinajstić information content (AvgIpc) is 3.17. The van der Waals surface area contributed by atoms with Gasteiger partial charge in [-0.2, -0.15) is 0 Å². The van der Waals surface area contributed by atoms with Crippen LogP contribution in [0.3, 0.4) is 0 Å². The number of nitrogens with zero attached hydrogens (tertiary/aromatic N) is 2. The number of aromatic nitrogens is 2. The van der Waals surface area contributed by atoms with E-state index in [1.165, 1.54) is 26.1 Å². The summed E-state index contributed by atoms with van der Waals surface area (Å²) in [5.74, 6) is -0.216. The van der Waals surface area contributed by atoms with Crippen LogP contribution in [-0.4, -0.2) is 21.7 Å². The molecule has 0 amide bonds. The van der Waals surface area contributed by atoms with Gasteiger partial charge in [-0.05, 0) is 38.3 Å². The zero-order valence-electron chi connectivity index (χ0n) is 15.0. The van der Waals surface area contributed by atoms with Crippen molar-refractivity contribution in [3.05, 3.63) is 23.5 Å². The van der Waals surface area contributed by atoms with Gasteiger partial charge < -0.3 is 13.9 Å². The van der Waals surface area contributed by atoms with Crippen molar-refractivity contribution >= 4 is 37.7 Å². The zero-order valence-corrected chi connectivity index (χ0v) is 15.8. The van der Waals surface area contributed by atoms with Gasteiger partial charge in [-0.25, -0.2) is 4.79 Å². The van der Waals surface area contributed by atoms with Gasteiger partial charge in [0.15, 0.2) is 0 Å². The predicted octanol–water partition coefficient (Wildman–Crippen LogP) is 5.22. The molecule has 5 heteroatoms. The molecule has 0 unspecified atom stereocenters. The summed E-state index contributed by atoms with van der Waals surface area (Å²) in [5.41, 5.74) is 4.55. The van der Waals surface area contributed by atoms with Crippen LogP contribution in [0, 0.1) is 0 Å². The predicted molar refractivity (Wildman–Crippen MR) is 101 cm³/mol. The summed E-state index contributed by atoms with van der Waals surface area (Å²) in [6, 6.07) is 4.32. The number of hydrogen-bond donors (Lipinski definition) is 0. The molecule has 3 heterocycles. The standard InChI is InChI=1S/C19H26N2O2S/c1-5-9-20-13(7-3)11-15-17(20)18-16(24-15)12-14(19(22)23-8-4)21(18)10-6-2/h11-12H,5-10H2,1-4H3. The Kier molecular flexibility index (Phi) is 4.99. The molecule has 3 aromatic heterocycles. The van der Waals surface area contributed by atoms with Crippen LogP contribution < -0.4 is 0 Å². The Hall–Kier alpha value is -1.75. The Bertz CT molecular complexity index is 869. The number of thiophene rings is 1. The first-order valence-corrected chi connectivity index (χ1v) is 9.79. The fourth-order valence-corrected chi connectivity index (χ4v) is 4.67. The molecule has 0 saturated heterocycles. The third-order valence-corrected chi connectivity index (χ3v) is 5.46. The molecule has 0 atom stereocenters. The Morgan fingerprint density at radius 1 is 1.00 bits per heavy atom. The van der Waals surface area contributed by atoms with Crippen molar-refractivity contribution in [2.75, 3.05) is 6.61 Å². The van der Waals surface area contributed by atoms with Crippen molar-refractivity contribution in [1.29, 1.82) is 0 Å². The largest absolute Gasteiger partial charge is 0.461 e. The van der Waals surface area contributed by atoms with E-state index in [1.807, 2.05) is 13.0 Å². The van der Waals surface area contributed by atoms with E-state index < -0.39 is 0 Å². The lowest BCUT2D eigenvalue weighted by molar-refractivity contribution is 0.0514. The van der Waals surface area contributed by atoms with Gasteiger partial charge in [0.2, 0.25) is 0 Å². The maximum absolute atomic E-state index is 12.4. The highest BCUT2D eigenvalue weighted by Crippen LogP contribution is 2.39. The molecule has 0 aliphatic heterocycles. The number of ether oxygens (including phenoxy) is 1. The minimum absolute atomic E-state index is 0.216. The second kappa shape index (κ2) is 7.01. The maximum Gasteiger partial charge on any atom is 0.355 e. The Morgan fingerprint density at radius 2 is 1.62 bits per heavy atom. The van der Waals surface area contributed by atoms with Crippen molar-refractivity contribution in [1.82, 2.24) is 9.13 Å².